The number of unbranched alkanes of at least 4 members (excludes halogenated alkanes) is 2. The highest BCUT2D eigenvalue weighted by molar-refractivity contribution is 5.94. The monoisotopic (exact) mass is 685 g/mol. The van der Waals surface area contributed by atoms with Crippen LogP contribution >= 0.6 is 0 Å². The number of fused-ring (bicyclic) bond motifs is 3. The number of carbonyl (C=O) groups is 1. The first-order valence-electron chi connectivity index (χ1n) is 19.8. The van der Waals surface area contributed by atoms with E-state index in [4.69, 9.17) is 14.2 Å². The predicted octanol–water partition coefficient (Wildman–Crippen LogP) is 7.78. The molecule has 7 rings (SSSR count). The number of aliphatic hydroxyl groups excluding tert-OH is 2. The van der Waals surface area contributed by atoms with Crippen molar-refractivity contribution in [2.45, 2.75) is 122 Å². The normalized spacial score (nSPS) is 33.8. The number of hydrogen-bond acceptors (Lipinski definition) is 7. The van der Waals surface area contributed by atoms with E-state index in [9.17, 15) is 15.0 Å². The second kappa shape index (κ2) is 15.8. The number of rotatable bonds is 11. The Hall–Kier alpha value is -2.87. The van der Waals surface area contributed by atoms with Gasteiger partial charge in [0.05, 0.1) is 19.8 Å². The summed E-state index contributed by atoms with van der Waals surface area (Å²) in [5.74, 6) is 3.58. The smallest absolute Gasteiger partial charge is 0.345 e. The van der Waals surface area contributed by atoms with Crippen LogP contribution in [-0.2, 0) is 31.8 Å². The summed E-state index contributed by atoms with van der Waals surface area (Å²) in [4.78, 5) is 15.3. The average molecular weight is 686 g/mol. The molecule has 1 aromatic rings. The van der Waals surface area contributed by atoms with E-state index in [0.717, 1.165) is 63.2 Å². The Balaban J connectivity index is 1.19. The molecule has 1 aromatic carbocycles. The fourth-order valence-electron chi connectivity index (χ4n) is 10.6. The summed E-state index contributed by atoms with van der Waals surface area (Å²) in [6.07, 6.45) is 22.9. The lowest BCUT2D eigenvalue weighted by Gasteiger charge is -2.50. The number of cyclic esters (lactones) is 1. The molecule has 1 saturated carbocycles. The largest absolute Gasteiger partial charge is 0.492 e. The number of ether oxygens (including phenoxy) is 3. The Morgan fingerprint density at radius 2 is 1.88 bits per heavy atom. The van der Waals surface area contributed by atoms with E-state index in [2.05, 4.69) is 61.2 Å². The first kappa shape index (κ1) is 35.5. The van der Waals surface area contributed by atoms with Crippen molar-refractivity contribution in [3.05, 3.63) is 82.2 Å². The molecule has 8 atom stereocenters. The third kappa shape index (κ3) is 7.12. The van der Waals surface area contributed by atoms with Gasteiger partial charge in [-0.25, -0.2) is 4.79 Å². The molecule has 7 heteroatoms. The zero-order valence-corrected chi connectivity index (χ0v) is 30.5. The van der Waals surface area contributed by atoms with Gasteiger partial charge >= 0.3 is 5.97 Å². The second-order valence-electron chi connectivity index (χ2n) is 16.1. The molecule has 0 spiro atoms. The van der Waals surface area contributed by atoms with Gasteiger partial charge in [-0.3, -0.25) is 4.90 Å². The number of piperidine rings is 1. The Labute approximate surface area is 299 Å². The van der Waals surface area contributed by atoms with Crippen LogP contribution in [0.3, 0.4) is 0 Å². The van der Waals surface area contributed by atoms with Crippen molar-refractivity contribution in [3.63, 3.8) is 0 Å². The quantitative estimate of drug-likeness (QED) is 0.140. The number of nitrogens with zero attached hydrogens (tertiary/aromatic N) is 1. The minimum Gasteiger partial charge on any atom is -0.492 e. The molecular formula is C43H59NO6. The maximum absolute atomic E-state index is 12.7. The molecule has 272 valence electrons. The predicted molar refractivity (Wildman–Crippen MR) is 194 cm³/mol. The van der Waals surface area contributed by atoms with Gasteiger partial charge in [-0.1, -0.05) is 88.8 Å². The SMILES string of the molecule is CCCCCc1cccc(CC2CC(C(O)C3C=CCC(C4CCCC4)C3)N3CCC=C4OC(=C5OC(=O)C(CO)=C5OC)C(C)C4C3C2)c1. The molecule has 0 amide bonds. The van der Waals surface area contributed by atoms with E-state index in [1.165, 1.54) is 63.2 Å². The molecular weight excluding hydrogens is 626 g/mol. The minimum atomic E-state index is -0.584. The van der Waals surface area contributed by atoms with E-state index >= 15 is 0 Å². The van der Waals surface area contributed by atoms with Crippen LogP contribution in [0.25, 0.3) is 0 Å². The van der Waals surface area contributed by atoms with Crippen LogP contribution in [0.15, 0.2) is 71.1 Å². The lowest BCUT2D eigenvalue weighted by atomic mass is 9.70. The van der Waals surface area contributed by atoms with E-state index < -0.39 is 18.7 Å². The van der Waals surface area contributed by atoms with Crippen molar-refractivity contribution >= 4 is 5.97 Å². The van der Waals surface area contributed by atoms with Gasteiger partial charge < -0.3 is 24.4 Å². The molecule has 6 aliphatic rings. The standard InChI is InChI=1S/C43H59NO6/c1-4-5-6-12-28-13-9-14-29(21-28)22-30-23-35-38-27(2)40(42-41(48-3)34(26-45)43(47)50-42)49-37(38)19-11-20-44(35)36(24-30)39(46)33-18-10-17-32(25-33)31-15-7-8-16-31/h9-10,13-14,18-19,21,27,30-33,35-36,38-39,45-46H,4-8,11-12,15-17,20,22-26H2,1-3H3. The molecule has 2 aliphatic carbocycles. The second-order valence-corrected chi connectivity index (χ2v) is 16.1. The van der Waals surface area contributed by atoms with Gasteiger partial charge in [0.2, 0.25) is 5.76 Å². The topological polar surface area (TPSA) is 88.5 Å². The number of hydrogen-bond donors (Lipinski definition) is 2. The molecule has 8 unspecified atom stereocenters. The van der Waals surface area contributed by atoms with Gasteiger partial charge in [0, 0.05) is 36.4 Å². The van der Waals surface area contributed by atoms with Gasteiger partial charge in [0.25, 0.3) is 0 Å². The van der Waals surface area contributed by atoms with Crippen LogP contribution in [0.4, 0.5) is 0 Å². The molecule has 4 heterocycles. The van der Waals surface area contributed by atoms with Crippen molar-refractivity contribution < 1.29 is 29.2 Å². The Kier molecular flexibility index (Phi) is 11.2. The highest BCUT2D eigenvalue weighted by Crippen LogP contribution is 2.51. The lowest BCUT2D eigenvalue weighted by molar-refractivity contribution is -0.133. The molecule has 50 heavy (non-hydrogen) atoms. The summed E-state index contributed by atoms with van der Waals surface area (Å²) in [5.41, 5.74) is 2.96. The third-order valence-electron chi connectivity index (χ3n) is 13.0. The Morgan fingerprint density at radius 1 is 1.06 bits per heavy atom. The highest BCUT2D eigenvalue weighted by Gasteiger charge is 2.52. The van der Waals surface area contributed by atoms with E-state index in [1.54, 1.807) is 0 Å². The molecule has 3 fully saturated rings. The fourth-order valence-corrected chi connectivity index (χ4v) is 10.6. The molecule has 0 radical (unpaired) electrons. The summed E-state index contributed by atoms with van der Waals surface area (Å²) in [5, 5.41) is 22.4. The Morgan fingerprint density at radius 3 is 2.66 bits per heavy atom. The number of carbonyl (C=O) groups excluding carboxylic acids is 1. The van der Waals surface area contributed by atoms with Crippen molar-refractivity contribution in [2.24, 2.45) is 35.5 Å². The molecule has 2 N–H and O–H groups in total. The summed E-state index contributed by atoms with van der Waals surface area (Å²) < 4.78 is 17.9. The van der Waals surface area contributed by atoms with Crippen molar-refractivity contribution in [1.29, 1.82) is 0 Å². The number of allylic oxidation sites excluding steroid dienone is 2. The number of esters is 1. The molecule has 0 bridgehead atoms. The van der Waals surface area contributed by atoms with E-state index in [1.807, 2.05) is 0 Å². The molecule has 4 aliphatic heterocycles. The van der Waals surface area contributed by atoms with E-state index in [-0.39, 0.29) is 41.2 Å². The third-order valence-corrected chi connectivity index (χ3v) is 13.0. The minimum absolute atomic E-state index is 0.0554. The van der Waals surface area contributed by atoms with Crippen LogP contribution in [0.5, 0.6) is 0 Å². The lowest BCUT2D eigenvalue weighted by Crippen LogP contribution is -2.58. The Bertz CT molecular complexity index is 1500. The summed E-state index contributed by atoms with van der Waals surface area (Å²) >= 11 is 0. The molecule has 7 nitrogen and oxygen atoms in total. The number of methoxy groups -OCH3 is 1. The van der Waals surface area contributed by atoms with Gasteiger partial charge in [0.15, 0.2) is 11.5 Å². The van der Waals surface area contributed by atoms with Crippen LogP contribution in [0.1, 0.15) is 102 Å². The number of aliphatic hydroxyl groups is 2. The van der Waals surface area contributed by atoms with Crippen molar-refractivity contribution in [3.8, 4) is 0 Å². The first-order valence-corrected chi connectivity index (χ1v) is 19.8. The molecule has 2 saturated heterocycles. The maximum Gasteiger partial charge on any atom is 0.345 e. The summed E-state index contributed by atoms with van der Waals surface area (Å²) in [7, 11) is 1.50. The van der Waals surface area contributed by atoms with Crippen LogP contribution < -0.4 is 0 Å². The fraction of sp³-hybridized carbons (Fsp3) is 0.651. The van der Waals surface area contributed by atoms with Crippen LogP contribution in [0, 0.1) is 35.5 Å². The van der Waals surface area contributed by atoms with Crippen LogP contribution in [-0.4, -0.2) is 59.5 Å². The summed E-state index contributed by atoms with van der Waals surface area (Å²) in [6.45, 7) is 4.87. The zero-order valence-electron chi connectivity index (χ0n) is 30.5. The van der Waals surface area contributed by atoms with Crippen molar-refractivity contribution in [1.82, 2.24) is 4.90 Å². The summed E-state index contributed by atoms with van der Waals surface area (Å²) in [6, 6.07) is 9.46. The molecule has 0 aromatic heterocycles. The van der Waals surface area contributed by atoms with Gasteiger partial charge in [-0.2, -0.15) is 0 Å². The van der Waals surface area contributed by atoms with Crippen LogP contribution in [0.2, 0.25) is 0 Å². The van der Waals surface area contributed by atoms with Gasteiger partial charge in [-0.15, -0.1) is 0 Å². The number of benzene rings is 1. The number of aryl methyl sites for hydroxylation is 1. The highest BCUT2D eigenvalue weighted by atomic mass is 16.6. The maximum atomic E-state index is 12.7. The average Bonchev–Trinajstić information content (AvgIpc) is 3.83. The van der Waals surface area contributed by atoms with Gasteiger partial charge in [-0.05, 0) is 86.3 Å². The van der Waals surface area contributed by atoms with E-state index in [0.29, 0.717) is 23.4 Å². The van der Waals surface area contributed by atoms with Crippen molar-refractivity contribution in [2.75, 3.05) is 20.3 Å². The van der Waals surface area contributed by atoms with Gasteiger partial charge in [0.1, 0.15) is 11.3 Å². The zero-order chi connectivity index (χ0) is 34.8. The first-order chi connectivity index (χ1) is 24.4.